The maximum absolute atomic E-state index is 13.3. The molecule has 1 aromatic carbocycles. The van der Waals surface area contributed by atoms with E-state index < -0.39 is 35.2 Å². The first-order valence-corrected chi connectivity index (χ1v) is 5.85. The van der Waals surface area contributed by atoms with E-state index in [1.54, 1.807) is 11.4 Å². The third kappa shape index (κ3) is 4.65. The lowest BCUT2D eigenvalue weighted by atomic mass is 10.2. The normalized spacial score (nSPS) is 11.7. The molecule has 0 aromatic heterocycles. The van der Waals surface area contributed by atoms with Gasteiger partial charge < -0.3 is 4.74 Å². The molecule has 2 amide bonds. The summed E-state index contributed by atoms with van der Waals surface area (Å²) in [6, 6.07) is 4.66. The Hall–Kier alpha value is -2.82. The van der Waals surface area contributed by atoms with Gasteiger partial charge in [0.1, 0.15) is 5.69 Å². The lowest BCUT2D eigenvalue weighted by Gasteiger charge is -2.05. The number of imide groups is 1. The summed E-state index contributed by atoms with van der Waals surface area (Å²) in [6.07, 6.45) is -0.274. The molecule has 0 radical (unpaired) electrons. The third-order valence-corrected chi connectivity index (χ3v) is 2.21. The number of amides is 2. The van der Waals surface area contributed by atoms with Crippen molar-refractivity contribution in [3.63, 3.8) is 0 Å². The smallest absolute Gasteiger partial charge is 0.413 e. The molecule has 0 saturated heterocycles. The molecule has 0 spiro atoms. The molecular formula is C13H11F2N3O3. The van der Waals surface area contributed by atoms with Crippen molar-refractivity contribution < 1.29 is 23.1 Å². The van der Waals surface area contributed by atoms with Gasteiger partial charge >= 0.3 is 6.09 Å². The van der Waals surface area contributed by atoms with Gasteiger partial charge in [-0.05, 0) is 19.1 Å². The van der Waals surface area contributed by atoms with Crippen LogP contribution in [0.4, 0.5) is 19.3 Å². The Morgan fingerprint density at radius 2 is 2.10 bits per heavy atom. The summed E-state index contributed by atoms with van der Waals surface area (Å²) in [5.74, 6) is -4.37. The van der Waals surface area contributed by atoms with E-state index in [0.29, 0.717) is 0 Å². The maximum Gasteiger partial charge on any atom is 0.413 e. The van der Waals surface area contributed by atoms with Crippen molar-refractivity contribution >= 4 is 23.9 Å². The van der Waals surface area contributed by atoms with Gasteiger partial charge in [-0.3, -0.25) is 15.1 Å². The van der Waals surface area contributed by atoms with Gasteiger partial charge in [0.05, 0.1) is 12.7 Å². The summed E-state index contributed by atoms with van der Waals surface area (Å²) in [7, 11) is 0. The first-order valence-electron chi connectivity index (χ1n) is 5.85. The maximum atomic E-state index is 13.3. The van der Waals surface area contributed by atoms with Crippen molar-refractivity contribution in [3.05, 3.63) is 29.8 Å². The number of nitrogens with zero attached hydrogens (tertiary/aromatic N) is 2. The second-order valence-electron chi connectivity index (χ2n) is 3.66. The predicted molar refractivity (Wildman–Crippen MR) is 68.8 cm³/mol. The Kier molecular flexibility index (Phi) is 5.95. The van der Waals surface area contributed by atoms with Gasteiger partial charge in [-0.2, -0.15) is 5.26 Å². The average molecular weight is 295 g/mol. The summed E-state index contributed by atoms with van der Waals surface area (Å²) in [5, 5.41) is 10.6. The number of rotatable bonds is 4. The number of halogens is 2. The van der Waals surface area contributed by atoms with Crippen molar-refractivity contribution in [1.82, 2.24) is 5.32 Å². The molecule has 6 nitrogen and oxygen atoms in total. The number of aliphatic imine (C=N–C) groups is 1. The molecule has 0 aliphatic rings. The number of hydrogen-bond acceptors (Lipinski definition) is 5. The van der Waals surface area contributed by atoms with Crippen LogP contribution in [0.1, 0.15) is 6.92 Å². The first kappa shape index (κ1) is 16.2. The zero-order valence-corrected chi connectivity index (χ0v) is 11.0. The lowest BCUT2D eigenvalue weighted by Crippen LogP contribution is -2.36. The molecule has 0 bridgehead atoms. The van der Waals surface area contributed by atoms with Gasteiger partial charge in [-0.15, -0.1) is 0 Å². The molecule has 0 heterocycles. The molecule has 1 aromatic rings. The van der Waals surface area contributed by atoms with Crippen LogP contribution in [0, 0.1) is 28.9 Å². The molecule has 0 fully saturated rings. The number of carbonyl (C=O) groups excluding carboxylic acids is 2. The number of nitriles is 1. The number of alkyl carbamates (subject to hydrolysis) is 1. The van der Waals surface area contributed by atoms with Crippen molar-refractivity contribution in [3.8, 4) is 6.07 Å². The standard InChI is InChI=1S/C13H11F2N3O3/c1-2-21-13(20)18-12(19)8(6-16)7-17-11-9(14)4-3-5-10(11)15/h3-5,7-8H,2H2,1H3,(H,18,19,20). The highest BCUT2D eigenvalue weighted by Crippen LogP contribution is 2.21. The number of carbonyl (C=O) groups is 2. The second-order valence-corrected chi connectivity index (χ2v) is 3.66. The summed E-state index contributed by atoms with van der Waals surface area (Å²) in [6.45, 7) is 1.58. The monoisotopic (exact) mass is 295 g/mol. The Balaban J connectivity index is 2.83. The van der Waals surface area contributed by atoms with Gasteiger partial charge in [0.15, 0.2) is 17.6 Å². The molecule has 1 atom stereocenters. The van der Waals surface area contributed by atoms with Crippen LogP contribution in [0.5, 0.6) is 0 Å². The van der Waals surface area contributed by atoms with Gasteiger partial charge in [0.25, 0.3) is 5.91 Å². The van der Waals surface area contributed by atoms with Crippen molar-refractivity contribution in [2.45, 2.75) is 6.92 Å². The van der Waals surface area contributed by atoms with E-state index in [1.165, 1.54) is 6.92 Å². The van der Waals surface area contributed by atoms with E-state index in [-0.39, 0.29) is 6.61 Å². The van der Waals surface area contributed by atoms with Gasteiger partial charge in [-0.1, -0.05) is 6.07 Å². The van der Waals surface area contributed by atoms with Crippen LogP contribution in [0.15, 0.2) is 23.2 Å². The van der Waals surface area contributed by atoms with Crippen molar-refractivity contribution in [2.24, 2.45) is 10.9 Å². The Bertz CT molecular complexity index is 591. The molecule has 1 rings (SSSR count). The predicted octanol–water partition coefficient (Wildman–Crippen LogP) is 2.08. The van der Waals surface area contributed by atoms with Crippen LogP contribution < -0.4 is 5.32 Å². The molecule has 1 unspecified atom stereocenters. The number of benzene rings is 1. The lowest BCUT2D eigenvalue weighted by molar-refractivity contribution is -0.121. The molecule has 110 valence electrons. The van der Waals surface area contributed by atoms with E-state index in [2.05, 4.69) is 9.73 Å². The molecule has 0 saturated carbocycles. The summed E-state index contributed by atoms with van der Waals surface area (Å²) >= 11 is 0. The zero-order chi connectivity index (χ0) is 15.8. The van der Waals surface area contributed by atoms with Crippen molar-refractivity contribution in [2.75, 3.05) is 6.61 Å². The number of para-hydroxylation sites is 1. The minimum absolute atomic E-state index is 0.0465. The summed E-state index contributed by atoms with van der Waals surface area (Å²) < 4.78 is 31.1. The average Bonchev–Trinajstić information content (AvgIpc) is 2.42. The topological polar surface area (TPSA) is 91.5 Å². The van der Waals surface area contributed by atoms with Gasteiger partial charge in [0.2, 0.25) is 0 Å². The van der Waals surface area contributed by atoms with Crippen LogP contribution in [0.3, 0.4) is 0 Å². The zero-order valence-electron chi connectivity index (χ0n) is 11.0. The van der Waals surface area contributed by atoms with Crippen molar-refractivity contribution in [1.29, 1.82) is 5.26 Å². The van der Waals surface area contributed by atoms with E-state index in [9.17, 15) is 18.4 Å². The van der Waals surface area contributed by atoms with E-state index in [0.717, 1.165) is 24.4 Å². The molecule has 1 N–H and O–H groups in total. The molecule has 0 aliphatic heterocycles. The van der Waals surface area contributed by atoms with E-state index in [1.807, 2.05) is 0 Å². The molecule has 21 heavy (non-hydrogen) atoms. The number of nitrogens with one attached hydrogen (secondary N) is 1. The van der Waals surface area contributed by atoms with Gasteiger partial charge in [-0.25, -0.2) is 13.6 Å². The summed E-state index contributed by atoms with van der Waals surface area (Å²) in [5.41, 5.74) is -0.623. The molecule has 8 heteroatoms. The fourth-order valence-corrected chi connectivity index (χ4v) is 1.27. The second kappa shape index (κ2) is 7.69. The minimum Gasteiger partial charge on any atom is -0.450 e. The Morgan fingerprint density at radius 3 is 2.62 bits per heavy atom. The SMILES string of the molecule is CCOC(=O)NC(=O)C(C#N)C=Nc1c(F)cccc1F. The highest BCUT2D eigenvalue weighted by atomic mass is 19.1. The first-order chi connectivity index (χ1) is 9.99. The number of hydrogen-bond donors (Lipinski definition) is 1. The van der Waals surface area contributed by atoms with E-state index in [4.69, 9.17) is 5.26 Å². The van der Waals surface area contributed by atoms with Gasteiger partial charge in [0, 0.05) is 6.21 Å². The third-order valence-electron chi connectivity index (χ3n) is 2.21. The van der Waals surface area contributed by atoms with Crippen LogP contribution in [-0.2, 0) is 9.53 Å². The van der Waals surface area contributed by atoms with Crippen LogP contribution in [0.25, 0.3) is 0 Å². The highest BCUT2D eigenvalue weighted by Gasteiger charge is 2.19. The Labute approximate surface area is 119 Å². The quantitative estimate of drug-likeness (QED) is 0.861. The minimum atomic E-state index is -1.49. The fraction of sp³-hybridized carbons (Fsp3) is 0.231. The van der Waals surface area contributed by atoms with Crippen LogP contribution in [0.2, 0.25) is 0 Å². The number of ether oxygens (including phenoxy) is 1. The largest absolute Gasteiger partial charge is 0.450 e. The summed E-state index contributed by atoms with van der Waals surface area (Å²) in [4.78, 5) is 26.0. The van der Waals surface area contributed by atoms with Crippen LogP contribution >= 0.6 is 0 Å². The highest BCUT2D eigenvalue weighted by molar-refractivity contribution is 6.03. The fourth-order valence-electron chi connectivity index (χ4n) is 1.27. The molecular weight excluding hydrogens is 284 g/mol. The molecule has 0 aliphatic carbocycles. The Morgan fingerprint density at radius 1 is 1.48 bits per heavy atom. The van der Waals surface area contributed by atoms with Crippen LogP contribution in [-0.4, -0.2) is 24.8 Å². The van der Waals surface area contributed by atoms with E-state index >= 15 is 0 Å².